The van der Waals surface area contributed by atoms with Crippen molar-refractivity contribution in [1.82, 2.24) is 0 Å². The molecule has 3 aromatic rings. The molecule has 36 heavy (non-hydrogen) atoms. The van der Waals surface area contributed by atoms with Gasteiger partial charge in [0.05, 0.1) is 16.7 Å². The number of hydrogen-bond acceptors (Lipinski definition) is 7. The first-order valence-corrected chi connectivity index (χ1v) is 11.4. The molecule has 0 bridgehead atoms. The molecule has 4 rings (SSSR count). The summed E-state index contributed by atoms with van der Waals surface area (Å²) in [6.07, 6.45) is -2.22. The first-order chi connectivity index (χ1) is 17.5. The number of carbonyl (C=O) groups is 3. The Morgan fingerprint density at radius 1 is 0.806 bits per heavy atom. The Morgan fingerprint density at radius 2 is 1.31 bits per heavy atom. The molecule has 1 aliphatic rings. The molecule has 3 unspecified atom stereocenters. The fraction of sp³-hybridized carbons (Fsp3) is 0.179. The summed E-state index contributed by atoms with van der Waals surface area (Å²) in [5.41, 5.74) is -0.856. The summed E-state index contributed by atoms with van der Waals surface area (Å²) >= 11 is 5.74. The molecule has 0 spiro atoms. The van der Waals surface area contributed by atoms with Crippen LogP contribution in [-0.4, -0.2) is 48.9 Å². The summed E-state index contributed by atoms with van der Waals surface area (Å²) in [6.45, 7) is -0.541. The van der Waals surface area contributed by atoms with Crippen LogP contribution >= 0.6 is 11.6 Å². The van der Waals surface area contributed by atoms with Crippen molar-refractivity contribution in [2.75, 3.05) is 13.2 Å². The second kappa shape index (κ2) is 11.5. The van der Waals surface area contributed by atoms with Gasteiger partial charge in [0.25, 0.3) is 0 Å². The van der Waals surface area contributed by atoms with Crippen molar-refractivity contribution < 1.29 is 33.3 Å². The number of esters is 3. The van der Waals surface area contributed by atoms with Gasteiger partial charge in [0, 0.05) is 5.38 Å². The van der Waals surface area contributed by atoms with Gasteiger partial charge in [0.15, 0.2) is 6.10 Å². The highest BCUT2D eigenvalue weighted by Gasteiger charge is 2.55. The molecule has 0 radical (unpaired) electrons. The van der Waals surface area contributed by atoms with E-state index < -0.39 is 35.7 Å². The molecule has 0 aliphatic carbocycles. The zero-order valence-corrected chi connectivity index (χ0v) is 19.7. The van der Waals surface area contributed by atoms with Crippen molar-refractivity contribution in [3.8, 4) is 11.3 Å². The quantitative estimate of drug-likeness (QED) is 0.270. The number of hydrogen-bond donors (Lipinski definition) is 0. The average Bonchev–Trinajstić information content (AvgIpc) is 3.25. The average molecular weight is 505 g/mol. The smallest absolute Gasteiger partial charge is 0.339 e. The van der Waals surface area contributed by atoms with E-state index in [0.29, 0.717) is 5.56 Å². The van der Waals surface area contributed by atoms with E-state index >= 15 is 0 Å². The standard InChI is InChI=1S/C28H21ClO7/c29-17-16-28(36-27(32)22-14-8-3-9-15-22)19-34-23(18-33-25(30)20-10-4-1-5-11-20)24(28)35-26(31)21-12-6-2-7-13-21/h1-15,23-24H,18-19H2. The van der Waals surface area contributed by atoms with Crippen molar-refractivity contribution in [3.63, 3.8) is 0 Å². The molecule has 0 amide bonds. The van der Waals surface area contributed by atoms with Crippen LogP contribution in [0.5, 0.6) is 0 Å². The van der Waals surface area contributed by atoms with Gasteiger partial charge in [-0.15, -0.1) is 0 Å². The summed E-state index contributed by atoms with van der Waals surface area (Å²) in [5.74, 6) is 0.656. The summed E-state index contributed by atoms with van der Waals surface area (Å²) < 4.78 is 22.7. The van der Waals surface area contributed by atoms with Crippen LogP contribution in [0.3, 0.4) is 0 Å². The van der Waals surface area contributed by atoms with E-state index in [1.165, 1.54) is 0 Å². The van der Waals surface area contributed by atoms with Gasteiger partial charge in [-0.2, -0.15) is 0 Å². The van der Waals surface area contributed by atoms with E-state index in [1.807, 2.05) is 0 Å². The number of benzene rings is 3. The van der Waals surface area contributed by atoms with Crippen LogP contribution in [0.2, 0.25) is 0 Å². The van der Waals surface area contributed by atoms with Gasteiger partial charge in [-0.25, -0.2) is 14.4 Å². The number of halogens is 1. The van der Waals surface area contributed by atoms with E-state index in [2.05, 4.69) is 11.3 Å². The van der Waals surface area contributed by atoms with Gasteiger partial charge in [0.1, 0.15) is 19.3 Å². The lowest BCUT2D eigenvalue weighted by Crippen LogP contribution is -2.50. The van der Waals surface area contributed by atoms with Gasteiger partial charge in [-0.05, 0) is 53.9 Å². The topological polar surface area (TPSA) is 88.1 Å². The van der Waals surface area contributed by atoms with E-state index in [1.54, 1.807) is 91.0 Å². The van der Waals surface area contributed by atoms with Crippen LogP contribution in [0.1, 0.15) is 31.1 Å². The Balaban J connectivity index is 1.60. The minimum absolute atomic E-state index is 0.258. The predicted molar refractivity (Wildman–Crippen MR) is 130 cm³/mol. The molecule has 8 heteroatoms. The first-order valence-electron chi connectivity index (χ1n) is 11.0. The largest absolute Gasteiger partial charge is 0.459 e. The lowest BCUT2D eigenvalue weighted by Gasteiger charge is -2.30. The molecule has 0 aromatic heterocycles. The van der Waals surface area contributed by atoms with E-state index in [0.717, 1.165) is 0 Å². The summed E-state index contributed by atoms with van der Waals surface area (Å²) in [4.78, 5) is 38.4. The molecular formula is C28H21ClO7. The van der Waals surface area contributed by atoms with Crippen molar-refractivity contribution >= 4 is 29.5 Å². The van der Waals surface area contributed by atoms with Gasteiger partial charge >= 0.3 is 17.9 Å². The third kappa shape index (κ3) is 5.74. The monoisotopic (exact) mass is 504 g/mol. The Kier molecular flexibility index (Phi) is 8.01. The van der Waals surface area contributed by atoms with Crippen LogP contribution < -0.4 is 0 Å². The van der Waals surface area contributed by atoms with Gasteiger partial charge in [-0.1, -0.05) is 54.6 Å². The lowest BCUT2D eigenvalue weighted by atomic mass is 9.96. The maximum absolute atomic E-state index is 12.9. The van der Waals surface area contributed by atoms with Crippen LogP contribution in [0.15, 0.2) is 91.0 Å². The molecule has 3 aromatic carbocycles. The zero-order chi connectivity index (χ0) is 25.4. The van der Waals surface area contributed by atoms with Gasteiger partial charge in [-0.3, -0.25) is 0 Å². The third-order valence-electron chi connectivity index (χ3n) is 5.48. The predicted octanol–water partition coefficient (Wildman–Crippen LogP) is 4.26. The molecule has 1 saturated heterocycles. The molecule has 1 fully saturated rings. The first kappa shape index (κ1) is 25.0. The fourth-order valence-electron chi connectivity index (χ4n) is 3.68. The zero-order valence-electron chi connectivity index (χ0n) is 19.0. The normalized spacial score (nSPS) is 20.5. The second-order valence-corrected chi connectivity index (χ2v) is 8.06. The number of carbonyl (C=O) groups excluding carboxylic acids is 3. The molecule has 1 heterocycles. The van der Waals surface area contributed by atoms with Crippen LogP contribution in [0.4, 0.5) is 0 Å². The fourth-order valence-corrected chi connectivity index (χ4v) is 3.84. The maximum atomic E-state index is 12.9. The van der Waals surface area contributed by atoms with Crippen LogP contribution in [-0.2, 0) is 18.9 Å². The molecule has 1 aliphatic heterocycles. The molecule has 0 saturated carbocycles. The second-order valence-electron chi connectivity index (χ2n) is 7.87. The lowest BCUT2D eigenvalue weighted by molar-refractivity contribution is -0.0607. The Labute approximate surface area is 212 Å². The van der Waals surface area contributed by atoms with Crippen molar-refractivity contribution in [1.29, 1.82) is 0 Å². The molecule has 7 nitrogen and oxygen atoms in total. The summed E-state index contributed by atoms with van der Waals surface area (Å²) in [5, 5.41) is 2.23. The third-order valence-corrected chi connectivity index (χ3v) is 5.58. The van der Waals surface area contributed by atoms with Crippen LogP contribution in [0, 0.1) is 11.3 Å². The number of rotatable bonds is 7. The van der Waals surface area contributed by atoms with Crippen molar-refractivity contribution in [2.45, 2.75) is 17.8 Å². The highest BCUT2D eigenvalue weighted by atomic mass is 35.5. The minimum atomic E-state index is -1.73. The summed E-state index contributed by atoms with van der Waals surface area (Å²) in [7, 11) is 0. The maximum Gasteiger partial charge on any atom is 0.339 e. The highest BCUT2D eigenvalue weighted by molar-refractivity contribution is 6.30. The van der Waals surface area contributed by atoms with E-state index in [9.17, 15) is 14.4 Å². The molecule has 182 valence electrons. The van der Waals surface area contributed by atoms with E-state index in [4.69, 9.17) is 30.5 Å². The molecule has 3 atom stereocenters. The van der Waals surface area contributed by atoms with Gasteiger partial charge < -0.3 is 18.9 Å². The SMILES string of the molecule is O=C(OCC1OCC(C#CCl)(OC(=O)c2ccccc2)C1OC(=O)c1ccccc1)c1ccccc1. The Morgan fingerprint density at radius 3 is 1.83 bits per heavy atom. The number of ether oxygens (including phenoxy) is 4. The minimum Gasteiger partial charge on any atom is -0.459 e. The molecule has 0 N–H and O–H groups in total. The summed E-state index contributed by atoms with van der Waals surface area (Å²) in [6, 6.07) is 24.9. The highest BCUT2D eigenvalue weighted by Crippen LogP contribution is 2.33. The van der Waals surface area contributed by atoms with Crippen molar-refractivity contribution in [2.24, 2.45) is 0 Å². The Hall–Kier alpha value is -4.12. The van der Waals surface area contributed by atoms with Crippen LogP contribution in [0.25, 0.3) is 0 Å². The van der Waals surface area contributed by atoms with Gasteiger partial charge in [0.2, 0.25) is 5.60 Å². The van der Waals surface area contributed by atoms with E-state index in [-0.39, 0.29) is 24.3 Å². The Bertz CT molecular complexity index is 1270. The molecular weight excluding hydrogens is 484 g/mol. The van der Waals surface area contributed by atoms with Crippen molar-refractivity contribution in [3.05, 3.63) is 108 Å².